The summed E-state index contributed by atoms with van der Waals surface area (Å²) in [5.41, 5.74) is 0.915. The van der Waals surface area contributed by atoms with Gasteiger partial charge in [0.1, 0.15) is 5.82 Å². The highest BCUT2D eigenvalue weighted by molar-refractivity contribution is 5.72. The highest BCUT2D eigenvalue weighted by atomic mass is 19.1. The number of rotatable bonds is 16. The third kappa shape index (κ3) is 13.3. The number of carbonyl (C=O) groups excluding carboxylic acids is 2. The van der Waals surface area contributed by atoms with E-state index in [1.807, 2.05) is 0 Å². The predicted molar refractivity (Wildman–Crippen MR) is 108 cm³/mol. The highest BCUT2D eigenvalue weighted by Crippen LogP contribution is 2.09. The van der Waals surface area contributed by atoms with Crippen molar-refractivity contribution in [1.29, 1.82) is 0 Å². The Morgan fingerprint density at radius 2 is 1.29 bits per heavy atom. The van der Waals surface area contributed by atoms with Crippen LogP contribution >= 0.6 is 0 Å². The summed E-state index contributed by atoms with van der Waals surface area (Å²) < 4.78 is 23.1. The molecule has 0 aromatic heterocycles. The van der Waals surface area contributed by atoms with Crippen LogP contribution in [0.5, 0.6) is 0 Å². The van der Waals surface area contributed by atoms with Gasteiger partial charge in [-0.25, -0.2) is 4.39 Å². The molecule has 4 nitrogen and oxygen atoms in total. The van der Waals surface area contributed by atoms with Gasteiger partial charge in [0.25, 0.3) is 0 Å². The molecular formula is C23H35FO4. The Morgan fingerprint density at radius 1 is 0.750 bits per heavy atom. The summed E-state index contributed by atoms with van der Waals surface area (Å²) in [5.74, 6) is -0.852. The SMILES string of the molecule is CCCCCCCCCCOC(=O)CCCC(=O)OCCc1ccc(F)cc1. The van der Waals surface area contributed by atoms with Gasteiger partial charge in [0.05, 0.1) is 13.2 Å². The lowest BCUT2D eigenvalue weighted by Gasteiger charge is -2.06. The molecule has 0 saturated heterocycles. The van der Waals surface area contributed by atoms with E-state index in [9.17, 15) is 14.0 Å². The van der Waals surface area contributed by atoms with Crippen LogP contribution in [0.2, 0.25) is 0 Å². The number of unbranched alkanes of at least 4 members (excludes halogenated alkanes) is 7. The second-order valence-corrected chi connectivity index (χ2v) is 7.15. The van der Waals surface area contributed by atoms with Gasteiger partial charge in [0.2, 0.25) is 0 Å². The summed E-state index contributed by atoms with van der Waals surface area (Å²) in [5, 5.41) is 0. The molecule has 5 heteroatoms. The first-order valence-corrected chi connectivity index (χ1v) is 10.7. The van der Waals surface area contributed by atoms with Gasteiger partial charge in [-0.3, -0.25) is 9.59 Å². The maximum Gasteiger partial charge on any atom is 0.305 e. The first kappa shape index (κ1) is 24.1. The molecule has 0 unspecified atom stereocenters. The molecule has 0 radical (unpaired) electrons. The zero-order valence-electron chi connectivity index (χ0n) is 17.2. The Kier molecular flexibility index (Phi) is 13.9. The summed E-state index contributed by atoms with van der Waals surface area (Å²) in [6.07, 6.45) is 11.1. The van der Waals surface area contributed by atoms with Crippen LogP contribution in [0.15, 0.2) is 24.3 Å². The third-order valence-electron chi connectivity index (χ3n) is 4.59. The molecule has 0 spiro atoms. The largest absolute Gasteiger partial charge is 0.466 e. The second-order valence-electron chi connectivity index (χ2n) is 7.15. The molecule has 28 heavy (non-hydrogen) atoms. The van der Waals surface area contributed by atoms with Crippen LogP contribution in [0.25, 0.3) is 0 Å². The Hall–Kier alpha value is -1.91. The van der Waals surface area contributed by atoms with Gasteiger partial charge in [-0.05, 0) is 30.5 Å². The number of carbonyl (C=O) groups is 2. The highest BCUT2D eigenvalue weighted by Gasteiger charge is 2.07. The van der Waals surface area contributed by atoms with Gasteiger partial charge in [-0.1, -0.05) is 64.0 Å². The van der Waals surface area contributed by atoms with Crippen molar-refractivity contribution >= 4 is 11.9 Å². The van der Waals surface area contributed by atoms with E-state index in [0.717, 1.165) is 18.4 Å². The van der Waals surface area contributed by atoms with Gasteiger partial charge in [-0.2, -0.15) is 0 Å². The number of benzene rings is 1. The minimum absolute atomic E-state index is 0.205. The average Bonchev–Trinajstić information content (AvgIpc) is 2.68. The molecule has 0 aliphatic rings. The predicted octanol–water partition coefficient (Wildman–Crippen LogP) is 5.77. The first-order chi connectivity index (χ1) is 13.6. The normalized spacial score (nSPS) is 10.6. The van der Waals surface area contributed by atoms with E-state index in [2.05, 4.69) is 6.92 Å². The molecule has 1 rings (SSSR count). The lowest BCUT2D eigenvalue weighted by molar-refractivity contribution is -0.145. The Morgan fingerprint density at radius 3 is 1.89 bits per heavy atom. The summed E-state index contributed by atoms with van der Waals surface area (Å²) >= 11 is 0. The molecule has 1 aromatic rings. The van der Waals surface area contributed by atoms with Gasteiger partial charge >= 0.3 is 11.9 Å². The molecule has 0 fully saturated rings. The fraction of sp³-hybridized carbons (Fsp3) is 0.652. The lowest BCUT2D eigenvalue weighted by Crippen LogP contribution is -2.10. The van der Waals surface area contributed by atoms with Crippen LogP contribution < -0.4 is 0 Å². The number of halogens is 1. The van der Waals surface area contributed by atoms with Gasteiger partial charge in [0, 0.05) is 19.3 Å². The van der Waals surface area contributed by atoms with Crippen molar-refractivity contribution in [2.75, 3.05) is 13.2 Å². The van der Waals surface area contributed by atoms with Crippen LogP contribution in [0.1, 0.15) is 83.1 Å². The minimum atomic E-state index is -0.321. The van der Waals surface area contributed by atoms with E-state index in [1.165, 1.54) is 50.7 Å². The fourth-order valence-electron chi connectivity index (χ4n) is 2.88. The van der Waals surface area contributed by atoms with Crippen molar-refractivity contribution < 1.29 is 23.5 Å². The van der Waals surface area contributed by atoms with Crippen molar-refractivity contribution in [3.63, 3.8) is 0 Å². The quantitative estimate of drug-likeness (QED) is 0.264. The van der Waals surface area contributed by atoms with Crippen LogP contribution in [-0.4, -0.2) is 25.2 Å². The van der Waals surface area contributed by atoms with Crippen LogP contribution in [0, 0.1) is 5.82 Å². The monoisotopic (exact) mass is 394 g/mol. The van der Waals surface area contributed by atoms with Crippen LogP contribution in [0.4, 0.5) is 4.39 Å². The van der Waals surface area contributed by atoms with E-state index in [1.54, 1.807) is 12.1 Å². The topological polar surface area (TPSA) is 52.6 Å². The van der Waals surface area contributed by atoms with Crippen LogP contribution in [-0.2, 0) is 25.5 Å². The smallest absolute Gasteiger partial charge is 0.305 e. The molecule has 0 atom stereocenters. The zero-order valence-corrected chi connectivity index (χ0v) is 17.2. The zero-order chi connectivity index (χ0) is 20.5. The maximum atomic E-state index is 12.8. The van der Waals surface area contributed by atoms with E-state index in [0.29, 0.717) is 19.4 Å². The summed E-state index contributed by atoms with van der Waals surface area (Å²) in [6, 6.07) is 6.12. The second kappa shape index (κ2) is 16.1. The average molecular weight is 395 g/mol. The summed E-state index contributed by atoms with van der Waals surface area (Å²) in [6.45, 7) is 2.94. The van der Waals surface area contributed by atoms with Crippen molar-refractivity contribution in [3.8, 4) is 0 Å². The number of esters is 2. The molecule has 1 aromatic carbocycles. The minimum Gasteiger partial charge on any atom is -0.466 e. The Balaban J connectivity index is 1.92. The summed E-state index contributed by atoms with van der Waals surface area (Å²) in [4.78, 5) is 23.3. The molecule has 0 bridgehead atoms. The number of hydrogen-bond donors (Lipinski definition) is 0. The number of hydrogen-bond acceptors (Lipinski definition) is 4. The van der Waals surface area contributed by atoms with Crippen molar-refractivity contribution in [2.45, 2.75) is 84.0 Å². The standard InChI is InChI=1S/C23H35FO4/c1-2-3-4-5-6-7-8-9-18-27-22(25)11-10-12-23(26)28-19-17-20-13-15-21(24)16-14-20/h13-16H,2-12,17-19H2,1H3. The van der Waals surface area contributed by atoms with E-state index >= 15 is 0 Å². The van der Waals surface area contributed by atoms with Gasteiger partial charge < -0.3 is 9.47 Å². The van der Waals surface area contributed by atoms with Gasteiger partial charge in [0.15, 0.2) is 0 Å². The fourth-order valence-corrected chi connectivity index (χ4v) is 2.88. The number of ether oxygens (including phenoxy) is 2. The van der Waals surface area contributed by atoms with Crippen molar-refractivity contribution in [2.24, 2.45) is 0 Å². The van der Waals surface area contributed by atoms with E-state index in [-0.39, 0.29) is 37.2 Å². The van der Waals surface area contributed by atoms with Crippen molar-refractivity contribution in [3.05, 3.63) is 35.6 Å². The van der Waals surface area contributed by atoms with Crippen molar-refractivity contribution in [1.82, 2.24) is 0 Å². The van der Waals surface area contributed by atoms with E-state index in [4.69, 9.17) is 9.47 Å². The molecule has 0 heterocycles. The Bertz CT molecular complexity index is 542. The molecule has 0 aliphatic heterocycles. The molecule has 0 N–H and O–H groups in total. The van der Waals surface area contributed by atoms with Gasteiger partial charge in [-0.15, -0.1) is 0 Å². The molecule has 0 aliphatic carbocycles. The Labute approximate surface area is 168 Å². The maximum absolute atomic E-state index is 12.8. The molecule has 0 amide bonds. The van der Waals surface area contributed by atoms with E-state index < -0.39 is 0 Å². The molecule has 158 valence electrons. The third-order valence-corrected chi connectivity index (χ3v) is 4.59. The van der Waals surface area contributed by atoms with Crippen LogP contribution in [0.3, 0.4) is 0 Å². The molecule has 0 saturated carbocycles. The first-order valence-electron chi connectivity index (χ1n) is 10.7. The lowest BCUT2D eigenvalue weighted by atomic mass is 10.1. The summed E-state index contributed by atoms with van der Waals surface area (Å²) in [7, 11) is 0. The molecular weight excluding hydrogens is 359 g/mol.